The number of hydrogen-bond acceptors (Lipinski definition) is 4. The molecule has 1 aromatic heterocycles. The summed E-state index contributed by atoms with van der Waals surface area (Å²) in [5.41, 5.74) is 6.68. The van der Waals surface area contributed by atoms with Gasteiger partial charge in [-0.3, -0.25) is 4.90 Å². The third kappa shape index (κ3) is 2.56. The first-order valence-corrected chi connectivity index (χ1v) is 6.57. The second-order valence-electron chi connectivity index (χ2n) is 4.13. The van der Waals surface area contributed by atoms with Crippen LogP contribution in [0.5, 0.6) is 0 Å². The van der Waals surface area contributed by atoms with E-state index in [4.69, 9.17) is 5.73 Å². The number of nitrogens with zero attached hydrogens (tertiary/aromatic N) is 2. The first kappa shape index (κ1) is 11.0. The highest BCUT2D eigenvalue weighted by molar-refractivity contribution is 7.09. The summed E-state index contributed by atoms with van der Waals surface area (Å²) >= 11 is 1.78. The maximum Gasteiger partial charge on any atom is 0.110 e. The smallest absolute Gasteiger partial charge is 0.110 e. The van der Waals surface area contributed by atoms with Gasteiger partial charge in [0, 0.05) is 11.8 Å². The van der Waals surface area contributed by atoms with Gasteiger partial charge in [0.1, 0.15) is 5.01 Å². The molecule has 1 fully saturated rings. The molecule has 2 rings (SSSR count). The Kier molecular flexibility index (Phi) is 3.72. The minimum atomic E-state index is 0.490. The van der Waals surface area contributed by atoms with Crippen molar-refractivity contribution in [3.63, 3.8) is 0 Å². The molecule has 3 nitrogen and oxygen atoms in total. The van der Waals surface area contributed by atoms with Gasteiger partial charge in [0.05, 0.1) is 11.7 Å². The summed E-state index contributed by atoms with van der Waals surface area (Å²) in [6, 6.07) is 0.490. The number of rotatable bonds is 4. The van der Waals surface area contributed by atoms with Gasteiger partial charge in [-0.25, -0.2) is 4.98 Å². The largest absolute Gasteiger partial charge is 0.330 e. The Bertz CT molecular complexity index is 305. The third-order valence-corrected chi connectivity index (χ3v) is 4.08. The monoisotopic (exact) mass is 225 g/mol. The van der Waals surface area contributed by atoms with E-state index in [1.807, 2.05) is 0 Å². The summed E-state index contributed by atoms with van der Waals surface area (Å²) < 4.78 is 0. The quantitative estimate of drug-likeness (QED) is 0.849. The summed E-state index contributed by atoms with van der Waals surface area (Å²) in [6.07, 6.45) is 3.58. The van der Waals surface area contributed by atoms with Crippen LogP contribution < -0.4 is 5.73 Å². The van der Waals surface area contributed by atoms with Crippen LogP contribution in [0, 0.1) is 0 Å². The number of nitrogens with two attached hydrogens (primary N) is 1. The average molecular weight is 225 g/mol. The van der Waals surface area contributed by atoms with E-state index in [9.17, 15) is 0 Å². The van der Waals surface area contributed by atoms with Crippen LogP contribution in [0.2, 0.25) is 0 Å². The van der Waals surface area contributed by atoms with Crippen molar-refractivity contribution in [3.05, 3.63) is 16.1 Å². The Balaban J connectivity index is 2.00. The second-order valence-corrected chi connectivity index (χ2v) is 5.02. The molecular weight excluding hydrogens is 206 g/mol. The van der Waals surface area contributed by atoms with Gasteiger partial charge >= 0.3 is 0 Å². The SMILES string of the molecule is CC(c1nc(CCN)cs1)N1CCCC1. The van der Waals surface area contributed by atoms with E-state index >= 15 is 0 Å². The molecule has 1 aromatic rings. The molecule has 0 radical (unpaired) electrons. The highest BCUT2D eigenvalue weighted by Gasteiger charge is 2.21. The molecule has 1 unspecified atom stereocenters. The van der Waals surface area contributed by atoms with Gasteiger partial charge in [-0.05, 0) is 39.4 Å². The van der Waals surface area contributed by atoms with Crippen molar-refractivity contribution in [2.75, 3.05) is 19.6 Å². The van der Waals surface area contributed by atoms with Crippen LogP contribution in [0.25, 0.3) is 0 Å². The second kappa shape index (κ2) is 5.05. The van der Waals surface area contributed by atoms with E-state index in [1.54, 1.807) is 11.3 Å². The van der Waals surface area contributed by atoms with Crippen LogP contribution in [0.3, 0.4) is 0 Å². The first-order valence-electron chi connectivity index (χ1n) is 5.69. The standard InChI is InChI=1S/C11H19N3S/c1-9(14-6-2-3-7-14)11-13-10(4-5-12)8-15-11/h8-9H,2-7,12H2,1H3. The van der Waals surface area contributed by atoms with E-state index in [0.717, 1.165) is 12.1 Å². The normalized spacial score (nSPS) is 19.6. The molecule has 4 heteroatoms. The lowest BCUT2D eigenvalue weighted by molar-refractivity contribution is 0.262. The highest BCUT2D eigenvalue weighted by atomic mass is 32.1. The van der Waals surface area contributed by atoms with Gasteiger partial charge in [0.2, 0.25) is 0 Å². The zero-order valence-corrected chi connectivity index (χ0v) is 10.1. The summed E-state index contributed by atoms with van der Waals surface area (Å²) in [5, 5.41) is 3.40. The number of thiazole rings is 1. The maximum atomic E-state index is 5.52. The molecule has 1 aliphatic rings. The van der Waals surface area contributed by atoms with E-state index < -0.39 is 0 Å². The van der Waals surface area contributed by atoms with Crippen molar-refractivity contribution < 1.29 is 0 Å². The number of likely N-dealkylation sites (tertiary alicyclic amines) is 1. The molecular formula is C11H19N3S. The molecule has 1 atom stereocenters. The van der Waals surface area contributed by atoms with Crippen LogP contribution in [-0.2, 0) is 6.42 Å². The predicted molar refractivity (Wildman–Crippen MR) is 64.1 cm³/mol. The van der Waals surface area contributed by atoms with E-state index in [0.29, 0.717) is 12.6 Å². The molecule has 0 saturated carbocycles. The molecule has 0 spiro atoms. The van der Waals surface area contributed by atoms with Gasteiger partial charge in [-0.15, -0.1) is 11.3 Å². The molecule has 0 aromatic carbocycles. The zero-order valence-electron chi connectivity index (χ0n) is 9.28. The fourth-order valence-electron chi connectivity index (χ4n) is 2.06. The highest BCUT2D eigenvalue weighted by Crippen LogP contribution is 2.26. The van der Waals surface area contributed by atoms with E-state index in [2.05, 4.69) is 22.2 Å². The lowest BCUT2D eigenvalue weighted by atomic mass is 10.3. The number of hydrogen-bond donors (Lipinski definition) is 1. The van der Waals surface area contributed by atoms with Crippen molar-refractivity contribution in [1.82, 2.24) is 9.88 Å². The van der Waals surface area contributed by atoms with E-state index in [1.165, 1.54) is 30.9 Å². The Hall–Kier alpha value is -0.450. The molecule has 0 amide bonds. The van der Waals surface area contributed by atoms with Gasteiger partial charge < -0.3 is 5.73 Å². The summed E-state index contributed by atoms with van der Waals surface area (Å²) in [5.74, 6) is 0. The van der Waals surface area contributed by atoms with Crippen molar-refractivity contribution in [1.29, 1.82) is 0 Å². The van der Waals surface area contributed by atoms with Gasteiger partial charge in [-0.2, -0.15) is 0 Å². The Morgan fingerprint density at radius 3 is 2.93 bits per heavy atom. The fraction of sp³-hybridized carbons (Fsp3) is 0.727. The lowest BCUT2D eigenvalue weighted by Gasteiger charge is -2.21. The minimum Gasteiger partial charge on any atom is -0.330 e. The average Bonchev–Trinajstić information content (AvgIpc) is 2.87. The molecule has 0 bridgehead atoms. The molecule has 1 saturated heterocycles. The third-order valence-electron chi connectivity index (χ3n) is 3.02. The lowest BCUT2D eigenvalue weighted by Crippen LogP contribution is -2.23. The van der Waals surface area contributed by atoms with Crippen molar-refractivity contribution in [2.24, 2.45) is 5.73 Å². The molecule has 1 aliphatic heterocycles. The molecule has 15 heavy (non-hydrogen) atoms. The van der Waals surface area contributed by atoms with E-state index in [-0.39, 0.29) is 0 Å². The van der Waals surface area contributed by atoms with Crippen LogP contribution in [0.1, 0.15) is 36.5 Å². The van der Waals surface area contributed by atoms with Crippen molar-refractivity contribution in [2.45, 2.75) is 32.2 Å². The zero-order chi connectivity index (χ0) is 10.7. The van der Waals surface area contributed by atoms with Crippen molar-refractivity contribution >= 4 is 11.3 Å². The predicted octanol–water partition coefficient (Wildman–Crippen LogP) is 1.80. The summed E-state index contributed by atoms with van der Waals surface area (Å²) in [4.78, 5) is 7.16. The van der Waals surface area contributed by atoms with Crippen LogP contribution in [0.4, 0.5) is 0 Å². The van der Waals surface area contributed by atoms with Crippen LogP contribution in [-0.4, -0.2) is 29.5 Å². The molecule has 0 aliphatic carbocycles. The van der Waals surface area contributed by atoms with Crippen molar-refractivity contribution in [3.8, 4) is 0 Å². The Morgan fingerprint density at radius 2 is 2.27 bits per heavy atom. The minimum absolute atomic E-state index is 0.490. The van der Waals surface area contributed by atoms with Crippen LogP contribution in [0.15, 0.2) is 5.38 Å². The first-order chi connectivity index (χ1) is 7.31. The molecule has 2 heterocycles. The molecule has 84 valence electrons. The molecule has 2 N–H and O–H groups in total. The van der Waals surface area contributed by atoms with Gasteiger partial charge in [0.15, 0.2) is 0 Å². The Labute approximate surface area is 95.3 Å². The summed E-state index contributed by atoms with van der Waals surface area (Å²) in [6.45, 7) is 5.41. The maximum absolute atomic E-state index is 5.52. The topological polar surface area (TPSA) is 42.1 Å². The number of aromatic nitrogens is 1. The Morgan fingerprint density at radius 1 is 1.53 bits per heavy atom. The summed E-state index contributed by atoms with van der Waals surface area (Å²) in [7, 11) is 0. The van der Waals surface area contributed by atoms with Gasteiger partial charge in [-0.1, -0.05) is 0 Å². The fourth-order valence-corrected chi connectivity index (χ4v) is 3.01. The van der Waals surface area contributed by atoms with Gasteiger partial charge in [0.25, 0.3) is 0 Å². The van der Waals surface area contributed by atoms with Crippen LogP contribution >= 0.6 is 11.3 Å².